The molecule has 0 spiro atoms. The smallest absolute Gasteiger partial charge is 0.423 e. The van der Waals surface area contributed by atoms with Crippen molar-refractivity contribution in [2.45, 2.75) is 18.8 Å². The van der Waals surface area contributed by atoms with Crippen molar-refractivity contribution in [3.63, 3.8) is 0 Å². The van der Waals surface area contributed by atoms with Gasteiger partial charge in [-0.25, -0.2) is 4.90 Å². The monoisotopic (exact) mass is 441 g/mol. The van der Waals surface area contributed by atoms with Crippen molar-refractivity contribution < 1.29 is 17.9 Å². The SMILES string of the molecule is Cc1ccc([C@@]2(C(F)(F)F)NC(=S)N(c3ccccc3)C(=Nc3ccccc3)O2)cc1. The molecule has 0 radical (unpaired) electrons. The van der Waals surface area contributed by atoms with Gasteiger partial charge < -0.3 is 10.1 Å². The molecule has 1 aliphatic heterocycles. The Morgan fingerprint density at radius 2 is 1.48 bits per heavy atom. The number of alkyl halides is 3. The third-order valence-corrected chi connectivity index (χ3v) is 5.06. The number of aliphatic imine (C=N–C) groups is 1. The zero-order valence-electron chi connectivity index (χ0n) is 16.4. The number of anilines is 1. The molecule has 1 N–H and O–H groups in total. The van der Waals surface area contributed by atoms with Gasteiger partial charge in [0.2, 0.25) is 0 Å². The molecular weight excluding hydrogens is 423 g/mol. The molecule has 1 aliphatic rings. The molecule has 1 atom stereocenters. The van der Waals surface area contributed by atoms with E-state index in [9.17, 15) is 13.2 Å². The van der Waals surface area contributed by atoms with Crippen molar-refractivity contribution in [3.8, 4) is 0 Å². The summed E-state index contributed by atoms with van der Waals surface area (Å²) in [7, 11) is 0. The maximum absolute atomic E-state index is 14.5. The molecule has 1 heterocycles. The predicted octanol–water partition coefficient (Wildman–Crippen LogP) is 5.81. The van der Waals surface area contributed by atoms with E-state index in [1.165, 1.54) is 17.0 Å². The van der Waals surface area contributed by atoms with E-state index in [0.29, 0.717) is 11.4 Å². The Labute approximate surface area is 183 Å². The van der Waals surface area contributed by atoms with E-state index in [4.69, 9.17) is 17.0 Å². The number of aryl methyl sites for hydroxylation is 1. The van der Waals surface area contributed by atoms with E-state index >= 15 is 0 Å². The number of benzene rings is 3. The number of nitrogens with zero attached hydrogens (tertiary/aromatic N) is 2. The first-order valence-electron chi connectivity index (χ1n) is 9.44. The molecule has 31 heavy (non-hydrogen) atoms. The molecule has 0 bridgehead atoms. The Kier molecular flexibility index (Phi) is 5.41. The molecule has 8 heteroatoms. The number of para-hydroxylation sites is 2. The highest BCUT2D eigenvalue weighted by Crippen LogP contribution is 2.43. The molecule has 0 aliphatic carbocycles. The summed E-state index contributed by atoms with van der Waals surface area (Å²) >= 11 is 5.40. The lowest BCUT2D eigenvalue weighted by atomic mass is 10.00. The fourth-order valence-corrected chi connectivity index (χ4v) is 3.53. The molecule has 0 saturated carbocycles. The van der Waals surface area contributed by atoms with Crippen LogP contribution in [-0.4, -0.2) is 17.3 Å². The lowest BCUT2D eigenvalue weighted by Gasteiger charge is -2.45. The summed E-state index contributed by atoms with van der Waals surface area (Å²) in [6.45, 7) is 1.79. The summed E-state index contributed by atoms with van der Waals surface area (Å²) in [6.07, 6.45) is -4.83. The van der Waals surface area contributed by atoms with Gasteiger partial charge in [0.15, 0.2) is 5.11 Å². The minimum absolute atomic E-state index is 0.124. The Hall–Kier alpha value is -3.39. The van der Waals surface area contributed by atoms with Crippen LogP contribution in [0.3, 0.4) is 0 Å². The highest BCUT2D eigenvalue weighted by molar-refractivity contribution is 7.80. The molecule has 1 fully saturated rings. The average Bonchev–Trinajstić information content (AvgIpc) is 2.74. The first kappa shape index (κ1) is 20.9. The number of amidine groups is 1. The second kappa shape index (κ2) is 8.03. The van der Waals surface area contributed by atoms with Gasteiger partial charge in [-0.3, -0.25) is 0 Å². The largest absolute Gasteiger partial charge is 0.453 e. The summed E-state index contributed by atoms with van der Waals surface area (Å²) in [5, 5.41) is 2.22. The van der Waals surface area contributed by atoms with Crippen LogP contribution in [0.2, 0.25) is 0 Å². The van der Waals surface area contributed by atoms with Crippen LogP contribution in [-0.2, 0) is 10.5 Å². The molecular formula is C23H18F3N3OS. The highest BCUT2D eigenvalue weighted by atomic mass is 32.1. The second-order valence-corrected chi connectivity index (χ2v) is 7.36. The van der Waals surface area contributed by atoms with Crippen LogP contribution in [0.4, 0.5) is 24.5 Å². The van der Waals surface area contributed by atoms with Crippen LogP contribution < -0.4 is 10.2 Å². The van der Waals surface area contributed by atoms with E-state index in [-0.39, 0.29) is 16.7 Å². The molecule has 1 saturated heterocycles. The van der Waals surface area contributed by atoms with Crippen LogP contribution in [0.25, 0.3) is 0 Å². The molecule has 0 aromatic heterocycles. The first-order chi connectivity index (χ1) is 14.8. The third kappa shape index (κ3) is 3.98. The number of nitrogens with one attached hydrogen (secondary N) is 1. The van der Waals surface area contributed by atoms with E-state index in [0.717, 1.165) is 5.56 Å². The molecule has 3 aromatic carbocycles. The number of thiocarbonyl (C=S) groups is 1. The Bertz CT molecular complexity index is 1100. The number of hydrogen-bond donors (Lipinski definition) is 1. The number of ether oxygens (including phenoxy) is 1. The minimum Gasteiger partial charge on any atom is -0.423 e. The third-order valence-electron chi connectivity index (χ3n) is 4.77. The molecule has 158 valence electrons. The van der Waals surface area contributed by atoms with E-state index < -0.39 is 11.9 Å². The lowest BCUT2D eigenvalue weighted by Crippen LogP contribution is -2.67. The van der Waals surface area contributed by atoms with Gasteiger partial charge in [-0.1, -0.05) is 66.2 Å². The molecule has 4 rings (SSSR count). The van der Waals surface area contributed by atoms with Crippen LogP contribution in [0.15, 0.2) is 89.9 Å². The maximum atomic E-state index is 14.5. The summed E-state index contributed by atoms with van der Waals surface area (Å²) in [5.41, 5.74) is -1.22. The normalized spacial score (nSPS) is 20.3. The highest BCUT2D eigenvalue weighted by Gasteiger charge is 2.63. The fourth-order valence-electron chi connectivity index (χ4n) is 3.20. The van der Waals surface area contributed by atoms with Gasteiger partial charge in [0.25, 0.3) is 0 Å². The van der Waals surface area contributed by atoms with Gasteiger partial charge in [-0.2, -0.15) is 18.2 Å². The van der Waals surface area contributed by atoms with Crippen molar-refractivity contribution >= 4 is 34.7 Å². The Balaban J connectivity index is 1.89. The van der Waals surface area contributed by atoms with E-state index in [1.807, 2.05) is 0 Å². The quantitative estimate of drug-likeness (QED) is 0.521. The number of hydrogen-bond acceptors (Lipinski definition) is 3. The van der Waals surface area contributed by atoms with Gasteiger partial charge >= 0.3 is 17.9 Å². The first-order valence-corrected chi connectivity index (χ1v) is 9.85. The Morgan fingerprint density at radius 1 is 0.903 bits per heavy atom. The molecule has 3 aromatic rings. The number of rotatable bonds is 3. The van der Waals surface area contributed by atoms with Crippen molar-refractivity contribution in [1.29, 1.82) is 0 Å². The summed E-state index contributed by atoms with van der Waals surface area (Å²) in [6, 6.07) is 23.0. The van der Waals surface area contributed by atoms with Gasteiger partial charge in [-0.15, -0.1) is 0 Å². The Morgan fingerprint density at radius 3 is 2.06 bits per heavy atom. The van der Waals surface area contributed by atoms with Crippen molar-refractivity contribution in [1.82, 2.24) is 5.32 Å². The standard InChI is InChI=1S/C23H18F3N3OS/c1-16-12-14-17(15-13-16)22(23(24,25)26)28-21(31)29(19-10-6-3-7-11-19)20(30-22)27-18-8-4-2-5-9-18/h2-15H,1H3,(H,28,31)/t22-/m1/s1. The lowest BCUT2D eigenvalue weighted by molar-refractivity contribution is -0.268. The molecule has 0 unspecified atom stereocenters. The maximum Gasteiger partial charge on any atom is 0.453 e. The van der Waals surface area contributed by atoms with Crippen molar-refractivity contribution in [2.75, 3.05) is 4.90 Å². The van der Waals surface area contributed by atoms with Crippen LogP contribution >= 0.6 is 12.2 Å². The summed E-state index contributed by atoms with van der Waals surface area (Å²) in [4.78, 5) is 5.72. The van der Waals surface area contributed by atoms with Gasteiger partial charge in [0.1, 0.15) is 0 Å². The van der Waals surface area contributed by atoms with E-state index in [1.54, 1.807) is 79.7 Å². The van der Waals surface area contributed by atoms with Gasteiger partial charge in [0, 0.05) is 5.56 Å². The average molecular weight is 441 g/mol. The van der Waals surface area contributed by atoms with Crippen LogP contribution in [0.1, 0.15) is 11.1 Å². The zero-order valence-corrected chi connectivity index (χ0v) is 17.2. The van der Waals surface area contributed by atoms with Crippen LogP contribution in [0.5, 0.6) is 0 Å². The fraction of sp³-hybridized carbons (Fsp3) is 0.130. The zero-order chi connectivity index (χ0) is 22.1. The second-order valence-electron chi connectivity index (χ2n) is 6.98. The minimum atomic E-state index is -4.83. The summed E-state index contributed by atoms with van der Waals surface area (Å²) < 4.78 is 49.1. The molecule has 0 amide bonds. The number of halogens is 3. The topological polar surface area (TPSA) is 36.9 Å². The van der Waals surface area contributed by atoms with Gasteiger partial charge in [-0.05, 0) is 43.4 Å². The van der Waals surface area contributed by atoms with Crippen molar-refractivity contribution in [3.05, 3.63) is 96.1 Å². The van der Waals surface area contributed by atoms with Crippen LogP contribution in [0, 0.1) is 6.92 Å². The molecule has 4 nitrogen and oxygen atoms in total. The van der Waals surface area contributed by atoms with Gasteiger partial charge in [0.05, 0.1) is 11.4 Å². The van der Waals surface area contributed by atoms with E-state index in [2.05, 4.69) is 10.3 Å². The summed E-state index contributed by atoms with van der Waals surface area (Å²) in [5.74, 6) is 0. The van der Waals surface area contributed by atoms with Crippen molar-refractivity contribution in [2.24, 2.45) is 4.99 Å². The predicted molar refractivity (Wildman–Crippen MR) is 118 cm³/mol.